The van der Waals surface area contributed by atoms with Crippen LogP contribution in [0.2, 0.25) is 0 Å². The van der Waals surface area contributed by atoms with Crippen molar-refractivity contribution in [2.75, 3.05) is 45.8 Å². The predicted octanol–water partition coefficient (Wildman–Crippen LogP) is 1.83. The Balaban J connectivity index is 1.42. The number of rotatable bonds is 6. The molecule has 4 rings (SSSR count). The first-order valence-electron chi connectivity index (χ1n) is 9.94. The molecular formula is C22H27N2O5+. The Morgan fingerprint density at radius 1 is 1.07 bits per heavy atom. The van der Waals surface area contributed by atoms with Gasteiger partial charge in [-0.2, -0.15) is 0 Å². The van der Waals surface area contributed by atoms with Gasteiger partial charge in [-0.1, -0.05) is 0 Å². The maximum absolute atomic E-state index is 12.7. The van der Waals surface area contributed by atoms with Crippen molar-refractivity contribution >= 4 is 11.6 Å². The van der Waals surface area contributed by atoms with E-state index < -0.39 is 0 Å². The molecule has 1 saturated heterocycles. The molecule has 0 aromatic heterocycles. The van der Waals surface area contributed by atoms with Crippen LogP contribution in [-0.4, -0.2) is 46.4 Å². The molecule has 2 aromatic carbocycles. The summed E-state index contributed by atoms with van der Waals surface area (Å²) in [7, 11) is 3.17. The number of hydrogen-bond acceptors (Lipinski definition) is 5. The molecule has 1 fully saturated rings. The summed E-state index contributed by atoms with van der Waals surface area (Å²) >= 11 is 0. The molecule has 1 amide bonds. The van der Waals surface area contributed by atoms with Gasteiger partial charge >= 0.3 is 0 Å². The molecule has 0 bridgehead atoms. The zero-order valence-electron chi connectivity index (χ0n) is 16.8. The number of amides is 1. The molecule has 0 spiro atoms. The van der Waals surface area contributed by atoms with E-state index in [9.17, 15) is 4.79 Å². The van der Waals surface area contributed by atoms with E-state index in [2.05, 4.69) is 17.4 Å². The fourth-order valence-corrected chi connectivity index (χ4v) is 4.13. The molecule has 2 heterocycles. The van der Waals surface area contributed by atoms with E-state index in [4.69, 9.17) is 18.9 Å². The normalized spacial score (nSPS) is 20.2. The lowest BCUT2D eigenvalue weighted by Gasteiger charge is -2.24. The summed E-state index contributed by atoms with van der Waals surface area (Å²) in [5.74, 6) is 2.81. The summed E-state index contributed by atoms with van der Waals surface area (Å²) in [6.45, 7) is 2.54. The lowest BCUT2D eigenvalue weighted by Crippen LogP contribution is -3.11. The Labute approximate surface area is 170 Å². The smallest absolute Gasteiger partial charge is 0.279 e. The van der Waals surface area contributed by atoms with Crippen molar-refractivity contribution in [1.29, 1.82) is 0 Å². The number of methoxy groups -OCH3 is 2. The van der Waals surface area contributed by atoms with Crippen molar-refractivity contribution in [3.8, 4) is 23.0 Å². The Hall–Kier alpha value is -2.93. The highest BCUT2D eigenvalue weighted by Crippen LogP contribution is 2.33. The number of ether oxygens (including phenoxy) is 4. The van der Waals surface area contributed by atoms with Gasteiger partial charge in [0.2, 0.25) is 0 Å². The number of benzene rings is 2. The summed E-state index contributed by atoms with van der Waals surface area (Å²) in [5.41, 5.74) is 1.89. The van der Waals surface area contributed by atoms with Crippen LogP contribution in [0, 0.1) is 0 Å². The van der Waals surface area contributed by atoms with Gasteiger partial charge in [-0.15, -0.1) is 0 Å². The Bertz CT molecular complexity index is 886. The quantitative estimate of drug-likeness (QED) is 0.776. The molecule has 7 nitrogen and oxygen atoms in total. The number of anilines is 1. The number of nitrogens with one attached hydrogen (secondary N) is 2. The SMILES string of the molecule is COc1ccc(NC(=O)C[NH+]2CCC[C@@H]2c2ccc3c(c2)OCCO3)cc1OC. The van der Waals surface area contributed by atoms with Gasteiger partial charge in [0.05, 0.1) is 20.8 Å². The summed E-state index contributed by atoms with van der Waals surface area (Å²) in [4.78, 5) is 13.9. The zero-order chi connectivity index (χ0) is 20.2. The molecule has 0 radical (unpaired) electrons. The van der Waals surface area contributed by atoms with Crippen molar-refractivity contribution in [2.24, 2.45) is 0 Å². The van der Waals surface area contributed by atoms with E-state index in [1.807, 2.05) is 12.1 Å². The minimum absolute atomic E-state index is 0.0170. The van der Waals surface area contributed by atoms with Crippen LogP contribution in [-0.2, 0) is 4.79 Å². The molecule has 2 aliphatic rings. The van der Waals surface area contributed by atoms with E-state index >= 15 is 0 Å². The molecule has 154 valence electrons. The van der Waals surface area contributed by atoms with Crippen molar-refractivity contribution in [2.45, 2.75) is 18.9 Å². The molecule has 7 heteroatoms. The third-order valence-electron chi connectivity index (χ3n) is 5.51. The van der Waals surface area contributed by atoms with Crippen molar-refractivity contribution in [1.82, 2.24) is 0 Å². The fraction of sp³-hybridized carbons (Fsp3) is 0.409. The van der Waals surface area contributed by atoms with E-state index in [0.29, 0.717) is 36.9 Å². The Morgan fingerprint density at radius 2 is 1.86 bits per heavy atom. The summed E-state index contributed by atoms with van der Waals surface area (Å²) in [6.07, 6.45) is 2.15. The predicted molar refractivity (Wildman–Crippen MR) is 108 cm³/mol. The van der Waals surface area contributed by atoms with Crippen LogP contribution in [0.3, 0.4) is 0 Å². The standard InChI is InChI=1S/C22H26N2O5/c1-26-18-8-6-16(13-20(18)27-2)23-22(25)14-24-9-3-4-17(24)15-5-7-19-21(12-15)29-11-10-28-19/h5-8,12-13,17H,3-4,9-11,14H2,1-2H3,(H,23,25)/p+1/t17-/m1/s1. The van der Waals surface area contributed by atoms with E-state index in [-0.39, 0.29) is 11.9 Å². The minimum Gasteiger partial charge on any atom is -0.493 e. The van der Waals surface area contributed by atoms with Crippen LogP contribution in [0.1, 0.15) is 24.4 Å². The number of carbonyl (C=O) groups excluding carboxylic acids is 1. The topological polar surface area (TPSA) is 70.5 Å². The first kappa shape index (κ1) is 19.4. The molecule has 0 aliphatic carbocycles. The van der Waals surface area contributed by atoms with Gasteiger partial charge in [-0.25, -0.2) is 0 Å². The average molecular weight is 399 g/mol. The Morgan fingerprint density at radius 3 is 2.66 bits per heavy atom. The van der Waals surface area contributed by atoms with Crippen molar-refractivity contribution < 1.29 is 28.6 Å². The maximum atomic E-state index is 12.7. The van der Waals surface area contributed by atoms with E-state index in [1.165, 1.54) is 10.5 Å². The second kappa shape index (κ2) is 8.61. The summed E-state index contributed by atoms with van der Waals surface area (Å²) < 4.78 is 21.9. The van der Waals surface area contributed by atoms with E-state index in [1.54, 1.807) is 26.4 Å². The monoisotopic (exact) mass is 399 g/mol. The number of quaternary nitrogens is 1. The lowest BCUT2D eigenvalue weighted by atomic mass is 10.0. The van der Waals surface area contributed by atoms with Gasteiger partial charge in [-0.05, 0) is 30.3 Å². The summed E-state index contributed by atoms with van der Waals surface area (Å²) in [6, 6.07) is 11.8. The van der Waals surface area contributed by atoms with Gasteiger partial charge < -0.3 is 29.2 Å². The second-order valence-corrected chi connectivity index (χ2v) is 7.30. The first-order valence-corrected chi connectivity index (χ1v) is 9.94. The molecule has 2 aliphatic heterocycles. The van der Waals surface area contributed by atoms with Crippen LogP contribution in [0.4, 0.5) is 5.69 Å². The van der Waals surface area contributed by atoms with E-state index in [0.717, 1.165) is 30.9 Å². The van der Waals surface area contributed by atoms with Gasteiger partial charge in [0, 0.05) is 30.2 Å². The van der Waals surface area contributed by atoms with Crippen molar-refractivity contribution in [3.63, 3.8) is 0 Å². The number of carbonyl (C=O) groups is 1. The highest BCUT2D eigenvalue weighted by molar-refractivity contribution is 5.91. The largest absolute Gasteiger partial charge is 0.493 e. The number of fused-ring (bicyclic) bond motifs is 1. The molecule has 1 unspecified atom stereocenters. The van der Waals surface area contributed by atoms with Crippen molar-refractivity contribution in [3.05, 3.63) is 42.0 Å². The molecule has 2 aromatic rings. The third-order valence-corrected chi connectivity index (χ3v) is 5.51. The minimum atomic E-state index is -0.0170. The third kappa shape index (κ3) is 4.24. The average Bonchev–Trinajstić information content (AvgIpc) is 3.21. The van der Waals surface area contributed by atoms with Gasteiger partial charge in [0.25, 0.3) is 5.91 Å². The lowest BCUT2D eigenvalue weighted by molar-refractivity contribution is -0.910. The van der Waals surface area contributed by atoms with Crippen LogP contribution >= 0.6 is 0 Å². The van der Waals surface area contributed by atoms with Crippen LogP contribution in [0.5, 0.6) is 23.0 Å². The number of likely N-dealkylation sites (tertiary alicyclic amines) is 1. The van der Waals surface area contributed by atoms with Crippen LogP contribution in [0.15, 0.2) is 36.4 Å². The first-order chi connectivity index (χ1) is 14.2. The maximum Gasteiger partial charge on any atom is 0.279 e. The van der Waals surface area contributed by atoms with Crippen LogP contribution in [0.25, 0.3) is 0 Å². The Kier molecular flexibility index (Phi) is 5.76. The summed E-state index contributed by atoms with van der Waals surface area (Å²) in [5, 5.41) is 2.98. The zero-order valence-corrected chi connectivity index (χ0v) is 16.8. The fourth-order valence-electron chi connectivity index (χ4n) is 4.13. The van der Waals surface area contributed by atoms with Gasteiger partial charge in [-0.3, -0.25) is 4.79 Å². The molecule has 2 atom stereocenters. The highest BCUT2D eigenvalue weighted by atomic mass is 16.6. The molecule has 0 saturated carbocycles. The second-order valence-electron chi connectivity index (χ2n) is 7.30. The number of hydrogen-bond donors (Lipinski definition) is 2. The molecular weight excluding hydrogens is 372 g/mol. The molecule has 2 N–H and O–H groups in total. The highest BCUT2D eigenvalue weighted by Gasteiger charge is 2.32. The van der Waals surface area contributed by atoms with Crippen LogP contribution < -0.4 is 29.2 Å². The van der Waals surface area contributed by atoms with Gasteiger partial charge in [0.15, 0.2) is 29.5 Å². The van der Waals surface area contributed by atoms with Gasteiger partial charge in [0.1, 0.15) is 19.3 Å². The molecule has 29 heavy (non-hydrogen) atoms.